The number of carbonyl (C=O) groups is 1. The average molecular weight is 237 g/mol. The van der Waals surface area contributed by atoms with Crippen LogP contribution >= 0.6 is 11.3 Å². The zero-order valence-electron chi connectivity index (χ0n) is 8.24. The van der Waals surface area contributed by atoms with E-state index < -0.39 is 11.8 Å². The fourth-order valence-electron chi connectivity index (χ4n) is 1.64. The van der Waals surface area contributed by atoms with Gasteiger partial charge in [-0.1, -0.05) is 0 Å². The molecule has 0 atom stereocenters. The number of halogens is 1. The van der Waals surface area contributed by atoms with Gasteiger partial charge in [0.2, 0.25) is 0 Å². The molecule has 1 aliphatic rings. The fraction of sp³-hybridized carbons (Fsp3) is 0.273. The molecule has 1 saturated carbocycles. The summed E-state index contributed by atoms with van der Waals surface area (Å²) in [4.78, 5) is 15.1. The predicted molar refractivity (Wildman–Crippen MR) is 58.5 cm³/mol. The third-order valence-corrected chi connectivity index (χ3v) is 3.83. The van der Waals surface area contributed by atoms with Crippen molar-refractivity contribution in [1.29, 1.82) is 0 Å². The van der Waals surface area contributed by atoms with Crippen molar-refractivity contribution in [3.8, 4) is 0 Å². The van der Waals surface area contributed by atoms with Crippen LogP contribution in [0, 0.1) is 5.82 Å². The second kappa shape index (κ2) is 3.25. The molecular formula is C11H8FNO2S. The number of carboxylic acid groups (broad SMARTS) is 1. The molecular weight excluding hydrogens is 229 g/mol. The van der Waals surface area contributed by atoms with E-state index in [1.807, 2.05) is 0 Å². The molecule has 0 bridgehead atoms. The molecule has 16 heavy (non-hydrogen) atoms. The van der Waals surface area contributed by atoms with Gasteiger partial charge in [-0.15, -0.1) is 11.3 Å². The summed E-state index contributed by atoms with van der Waals surface area (Å²) in [7, 11) is 0. The maximum atomic E-state index is 13.4. The predicted octanol–water partition coefficient (Wildman–Crippen LogP) is 3.01. The second-order valence-electron chi connectivity index (χ2n) is 3.93. The van der Waals surface area contributed by atoms with Gasteiger partial charge in [0, 0.05) is 12.0 Å². The van der Waals surface area contributed by atoms with E-state index in [4.69, 9.17) is 5.11 Å². The Hall–Kier alpha value is -1.49. The third-order valence-electron chi connectivity index (χ3n) is 2.65. The third kappa shape index (κ3) is 1.48. The molecule has 1 heterocycles. The normalized spacial score (nSPS) is 15.6. The van der Waals surface area contributed by atoms with Crippen molar-refractivity contribution in [1.82, 2.24) is 4.98 Å². The van der Waals surface area contributed by atoms with Gasteiger partial charge in [0.05, 0.1) is 20.8 Å². The van der Waals surface area contributed by atoms with Crippen LogP contribution in [0.25, 0.3) is 10.2 Å². The minimum atomic E-state index is -1.24. The van der Waals surface area contributed by atoms with Gasteiger partial charge in [0.15, 0.2) is 0 Å². The lowest BCUT2D eigenvalue weighted by Crippen LogP contribution is -1.99. The number of rotatable bonds is 2. The molecule has 3 rings (SSSR count). The van der Waals surface area contributed by atoms with Crippen LogP contribution in [-0.4, -0.2) is 16.1 Å². The van der Waals surface area contributed by atoms with Gasteiger partial charge in [-0.2, -0.15) is 0 Å². The minimum absolute atomic E-state index is 0.279. The quantitative estimate of drug-likeness (QED) is 0.873. The first kappa shape index (κ1) is 9.72. The van der Waals surface area contributed by atoms with Crippen molar-refractivity contribution < 1.29 is 14.3 Å². The van der Waals surface area contributed by atoms with Crippen LogP contribution < -0.4 is 0 Å². The van der Waals surface area contributed by atoms with E-state index in [9.17, 15) is 9.18 Å². The summed E-state index contributed by atoms with van der Waals surface area (Å²) in [6, 6.07) is 2.58. The molecule has 1 N–H and O–H groups in total. The molecule has 5 heteroatoms. The number of hydrogen-bond acceptors (Lipinski definition) is 3. The number of carboxylic acids is 1. The summed E-state index contributed by atoms with van der Waals surface area (Å²) in [5.41, 5.74) is 0.285. The molecule has 3 nitrogen and oxygen atoms in total. The topological polar surface area (TPSA) is 50.2 Å². The second-order valence-corrected chi connectivity index (χ2v) is 4.99. The molecule has 1 fully saturated rings. The molecule has 0 aliphatic heterocycles. The summed E-state index contributed by atoms with van der Waals surface area (Å²) < 4.78 is 14.1. The fourth-order valence-corrected chi connectivity index (χ4v) is 2.79. The number of hydrogen-bond donors (Lipinski definition) is 1. The Kier molecular flexibility index (Phi) is 1.97. The van der Waals surface area contributed by atoms with Gasteiger partial charge < -0.3 is 5.11 Å². The van der Waals surface area contributed by atoms with Gasteiger partial charge in [-0.3, -0.25) is 0 Å². The van der Waals surface area contributed by atoms with E-state index in [1.165, 1.54) is 23.5 Å². The monoisotopic (exact) mass is 237 g/mol. The minimum Gasteiger partial charge on any atom is -0.478 e. The van der Waals surface area contributed by atoms with Crippen molar-refractivity contribution in [2.45, 2.75) is 18.8 Å². The van der Waals surface area contributed by atoms with Crippen molar-refractivity contribution in [2.24, 2.45) is 0 Å². The lowest BCUT2D eigenvalue weighted by atomic mass is 10.2. The first-order chi connectivity index (χ1) is 7.65. The van der Waals surface area contributed by atoms with E-state index in [2.05, 4.69) is 4.98 Å². The van der Waals surface area contributed by atoms with Crippen LogP contribution in [-0.2, 0) is 0 Å². The van der Waals surface area contributed by atoms with E-state index in [0.717, 1.165) is 22.5 Å². The molecule has 0 spiro atoms. The van der Waals surface area contributed by atoms with Gasteiger partial charge in [-0.05, 0) is 18.9 Å². The Labute approximate surface area is 94.5 Å². The van der Waals surface area contributed by atoms with E-state index in [0.29, 0.717) is 11.4 Å². The van der Waals surface area contributed by atoms with Crippen LogP contribution in [0.15, 0.2) is 12.1 Å². The standard InChI is InChI=1S/C11H8FNO2S/c12-7-4-8-9(3-6(7)11(14)15)16-10(13-8)5-1-2-5/h3-5H,1-2H2,(H,14,15). The smallest absolute Gasteiger partial charge is 0.338 e. The molecule has 1 aliphatic carbocycles. The molecule has 1 aromatic carbocycles. The summed E-state index contributed by atoms with van der Waals surface area (Å²) >= 11 is 1.47. The van der Waals surface area contributed by atoms with E-state index in [1.54, 1.807) is 0 Å². The molecule has 0 saturated heterocycles. The summed E-state index contributed by atoms with van der Waals surface area (Å²) in [6.07, 6.45) is 2.27. The summed E-state index contributed by atoms with van der Waals surface area (Å²) in [5.74, 6) is -1.44. The molecule has 2 aromatic rings. The first-order valence-corrected chi connectivity index (χ1v) is 5.80. The number of thiazole rings is 1. The largest absolute Gasteiger partial charge is 0.478 e. The number of aromatic nitrogens is 1. The summed E-state index contributed by atoms with van der Waals surface area (Å²) in [5, 5.41) is 9.79. The highest BCUT2D eigenvalue weighted by Crippen LogP contribution is 2.43. The number of aromatic carboxylic acids is 1. The molecule has 82 valence electrons. The maximum Gasteiger partial charge on any atom is 0.338 e. The van der Waals surface area contributed by atoms with Gasteiger partial charge in [0.1, 0.15) is 5.82 Å². The van der Waals surface area contributed by atoms with Crippen molar-refractivity contribution in [2.75, 3.05) is 0 Å². The highest BCUT2D eigenvalue weighted by molar-refractivity contribution is 7.18. The molecule has 1 aromatic heterocycles. The van der Waals surface area contributed by atoms with Crippen LogP contribution in [0.4, 0.5) is 4.39 Å². The number of fused-ring (bicyclic) bond motifs is 1. The van der Waals surface area contributed by atoms with E-state index >= 15 is 0 Å². The zero-order valence-corrected chi connectivity index (χ0v) is 9.05. The zero-order chi connectivity index (χ0) is 11.3. The lowest BCUT2D eigenvalue weighted by molar-refractivity contribution is 0.0692. The Balaban J connectivity index is 2.19. The maximum absolute atomic E-state index is 13.4. The van der Waals surface area contributed by atoms with Crippen molar-refractivity contribution >= 4 is 27.5 Å². The Morgan fingerprint density at radius 1 is 1.50 bits per heavy atom. The van der Waals surface area contributed by atoms with Crippen LogP contribution in [0.1, 0.15) is 34.1 Å². The van der Waals surface area contributed by atoms with Gasteiger partial charge in [-0.25, -0.2) is 14.2 Å². The first-order valence-electron chi connectivity index (χ1n) is 4.98. The number of nitrogens with zero attached hydrogens (tertiary/aromatic N) is 1. The average Bonchev–Trinajstić information content (AvgIpc) is 2.98. The van der Waals surface area contributed by atoms with E-state index in [-0.39, 0.29) is 5.56 Å². The Bertz CT molecular complexity index is 589. The molecule has 0 unspecified atom stereocenters. The van der Waals surface area contributed by atoms with Crippen molar-refractivity contribution in [3.63, 3.8) is 0 Å². The lowest BCUT2D eigenvalue weighted by Gasteiger charge is -1.95. The van der Waals surface area contributed by atoms with Crippen LogP contribution in [0.5, 0.6) is 0 Å². The van der Waals surface area contributed by atoms with Crippen LogP contribution in [0.3, 0.4) is 0 Å². The summed E-state index contributed by atoms with van der Waals surface area (Å²) in [6.45, 7) is 0. The highest BCUT2D eigenvalue weighted by atomic mass is 32.1. The van der Waals surface area contributed by atoms with Gasteiger partial charge in [0.25, 0.3) is 0 Å². The SMILES string of the molecule is O=C(O)c1cc2sc(C3CC3)nc2cc1F. The Morgan fingerprint density at radius 2 is 2.25 bits per heavy atom. The highest BCUT2D eigenvalue weighted by Gasteiger charge is 2.27. The van der Waals surface area contributed by atoms with Crippen molar-refractivity contribution in [3.05, 3.63) is 28.5 Å². The molecule has 0 amide bonds. The number of benzene rings is 1. The molecule has 0 radical (unpaired) electrons. The van der Waals surface area contributed by atoms with Gasteiger partial charge >= 0.3 is 5.97 Å². The Morgan fingerprint density at radius 3 is 2.88 bits per heavy atom. The van der Waals surface area contributed by atoms with Crippen LogP contribution in [0.2, 0.25) is 0 Å².